The van der Waals surface area contributed by atoms with Crippen LogP contribution >= 0.6 is 11.8 Å². The van der Waals surface area contributed by atoms with E-state index in [1.165, 1.54) is 0 Å². The molecule has 120 valence electrons. The summed E-state index contributed by atoms with van der Waals surface area (Å²) < 4.78 is 5.79. The fraction of sp³-hybridized carbons (Fsp3) is 0.294. The smallest absolute Gasteiger partial charge is 0.275 e. The second-order valence-electron chi connectivity index (χ2n) is 5.19. The number of aromatic nitrogens is 1. The molecule has 0 spiro atoms. The number of thioether (sulfide) groups is 1. The fourth-order valence-electron chi connectivity index (χ4n) is 2.21. The first kappa shape index (κ1) is 15.8. The highest BCUT2D eigenvalue weighted by Gasteiger charge is 2.18. The third-order valence-electron chi connectivity index (χ3n) is 3.42. The SMILES string of the molecule is O=C(NOCc1ccccc1)c1ccnc(O[C@H]2CCSC2)c1. The number of carbonyl (C=O) groups excluding carboxylic acids is 1. The van der Waals surface area contributed by atoms with Crippen LogP contribution in [0.2, 0.25) is 0 Å². The molecule has 1 aromatic heterocycles. The minimum Gasteiger partial charge on any atom is -0.473 e. The van der Waals surface area contributed by atoms with E-state index in [-0.39, 0.29) is 12.0 Å². The molecule has 1 aliphatic heterocycles. The van der Waals surface area contributed by atoms with Gasteiger partial charge in [-0.25, -0.2) is 10.5 Å². The zero-order valence-electron chi connectivity index (χ0n) is 12.6. The fourth-order valence-corrected chi connectivity index (χ4v) is 3.30. The first-order valence-corrected chi connectivity index (χ1v) is 8.63. The Morgan fingerprint density at radius 2 is 2.17 bits per heavy atom. The maximum atomic E-state index is 12.1. The number of hydrogen-bond donors (Lipinski definition) is 1. The summed E-state index contributed by atoms with van der Waals surface area (Å²) in [5.74, 6) is 2.25. The van der Waals surface area contributed by atoms with E-state index in [9.17, 15) is 4.79 Å². The summed E-state index contributed by atoms with van der Waals surface area (Å²) in [6.07, 6.45) is 2.77. The Labute approximate surface area is 139 Å². The molecule has 1 atom stereocenters. The molecule has 0 aliphatic carbocycles. The van der Waals surface area contributed by atoms with Crippen molar-refractivity contribution in [3.05, 3.63) is 59.8 Å². The average molecular weight is 330 g/mol. The van der Waals surface area contributed by atoms with Gasteiger partial charge in [0.15, 0.2) is 0 Å². The zero-order chi connectivity index (χ0) is 15.9. The van der Waals surface area contributed by atoms with Crippen LogP contribution in [0, 0.1) is 0 Å². The molecule has 1 N–H and O–H groups in total. The molecule has 3 rings (SSSR count). The number of ether oxygens (including phenoxy) is 1. The highest BCUT2D eigenvalue weighted by atomic mass is 32.2. The van der Waals surface area contributed by atoms with Gasteiger partial charge in [0.1, 0.15) is 6.10 Å². The lowest BCUT2D eigenvalue weighted by atomic mass is 10.2. The van der Waals surface area contributed by atoms with E-state index in [0.29, 0.717) is 18.1 Å². The van der Waals surface area contributed by atoms with Gasteiger partial charge in [0, 0.05) is 23.6 Å². The summed E-state index contributed by atoms with van der Waals surface area (Å²) in [4.78, 5) is 21.5. The number of hydroxylamine groups is 1. The largest absolute Gasteiger partial charge is 0.473 e. The van der Waals surface area contributed by atoms with Gasteiger partial charge in [-0.2, -0.15) is 11.8 Å². The summed E-state index contributed by atoms with van der Waals surface area (Å²) in [7, 11) is 0. The second-order valence-corrected chi connectivity index (χ2v) is 6.34. The van der Waals surface area contributed by atoms with Gasteiger partial charge in [-0.15, -0.1) is 0 Å². The predicted molar refractivity (Wildman–Crippen MR) is 89.3 cm³/mol. The number of nitrogens with one attached hydrogen (secondary N) is 1. The molecule has 0 radical (unpaired) electrons. The van der Waals surface area contributed by atoms with Crippen LogP contribution in [-0.2, 0) is 11.4 Å². The maximum Gasteiger partial charge on any atom is 0.275 e. The van der Waals surface area contributed by atoms with E-state index >= 15 is 0 Å². The number of carbonyl (C=O) groups is 1. The van der Waals surface area contributed by atoms with Gasteiger partial charge < -0.3 is 4.74 Å². The number of pyridine rings is 1. The van der Waals surface area contributed by atoms with E-state index in [4.69, 9.17) is 9.57 Å². The Morgan fingerprint density at radius 1 is 1.30 bits per heavy atom. The van der Waals surface area contributed by atoms with Crippen LogP contribution in [0.15, 0.2) is 48.7 Å². The van der Waals surface area contributed by atoms with Gasteiger partial charge in [0.25, 0.3) is 5.91 Å². The summed E-state index contributed by atoms with van der Waals surface area (Å²) in [5, 5.41) is 0. The molecule has 23 heavy (non-hydrogen) atoms. The molecule has 1 aliphatic rings. The molecule has 1 amide bonds. The number of rotatable bonds is 6. The molecular formula is C17H18N2O3S. The van der Waals surface area contributed by atoms with Gasteiger partial charge in [-0.1, -0.05) is 30.3 Å². The Bertz CT molecular complexity index is 645. The van der Waals surface area contributed by atoms with E-state index < -0.39 is 0 Å². The minimum absolute atomic E-state index is 0.181. The molecule has 5 nitrogen and oxygen atoms in total. The lowest BCUT2D eigenvalue weighted by molar-refractivity contribution is 0.0233. The van der Waals surface area contributed by atoms with Gasteiger partial charge in [0.05, 0.1) is 6.61 Å². The monoisotopic (exact) mass is 330 g/mol. The van der Waals surface area contributed by atoms with Crippen molar-refractivity contribution in [1.82, 2.24) is 10.5 Å². The summed E-state index contributed by atoms with van der Waals surface area (Å²) in [5.41, 5.74) is 3.90. The van der Waals surface area contributed by atoms with Crippen molar-refractivity contribution >= 4 is 17.7 Å². The summed E-state index contributed by atoms with van der Waals surface area (Å²) in [6, 6.07) is 12.9. The molecule has 6 heteroatoms. The van der Waals surface area contributed by atoms with Crippen molar-refractivity contribution in [2.45, 2.75) is 19.1 Å². The van der Waals surface area contributed by atoms with Gasteiger partial charge in [0.2, 0.25) is 5.88 Å². The molecule has 1 saturated heterocycles. The van der Waals surface area contributed by atoms with Gasteiger partial charge >= 0.3 is 0 Å². The lowest BCUT2D eigenvalue weighted by Crippen LogP contribution is -2.24. The summed E-state index contributed by atoms with van der Waals surface area (Å²) >= 11 is 1.87. The molecule has 2 heterocycles. The number of hydrogen-bond acceptors (Lipinski definition) is 5. The van der Waals surface area contributed by atoms with Crippen LogP contribution in [0.3, 0.4) is 0 Å². The van der Waals surface area contributed by atoms with Crippen molar-refractivity contribution in [2.24, 2.45) is 0 Å². The van der Waals surface area contributed by atoms with Crippen LogP contribution in [0.4, 0.5) is 0 Å². The number of nitrogens with zero attached hydrogens (tertiary/aromatic N) is 1. The third kappa shape index (κ3) is 4.71. The topological polar surface area (TPSA) is 60.5 Å². The van der Waals surface area contributed by atoms with Gasteiger partial charge in [-0.05, 0) is 23.8 Å². The standard InChI is InChI=1S/C17H18N2O3S/c20-17(19-21-11-13-4-2-1-3-5-13)14-6-8-18-16(10-14)22-15-7-9-23-12-15/h1-6,8,10,15H,7,9,11-12H2,(H,19,20)/t15-/m0/s1. The van der Waals surface area contributed by atoms with Crippen molar-refractivity contribution in [3.8, 4) is 5.88 Å². The number of amides is 1. The first-order chi connectivity index (χ1) is 11.3. The van der Waals surface area contributed by atoms with Crippen LogP contribution in [0.1, 0.15) is 22.3 Å². The second kappa shape index (κ2) is 7.99. The predicted octanol–water partition coefficient (Wildman–Crippen LogP) is 2.83. The third-order valence-corrected chi connectivity index (χ3v) is 4.55. The van der Waals surface area contributed by atoms with E-state index in [1.54, 1.807) is 18.3 Å². The highest BCUT2D eigenvalue weighted by molar-refractivity contribution is 7.99. The van der Waals surface area contributed by atoms with Crippen LogP contribution in [0.25, 0.3) is 0 Å². The van der Waals surface area contributed by atoms with Crippen LogP contribution < -0.4 is 10.2 Å². The van der Waals surface area contributed by atoms with Crippen LogP contribution in [0.5, 0.6) is 5.88 Å². The normalized spacial score (nSPS) is 17.0. The van der Waals surface area contributed by atoms with Crippen molar-refractivity contribution in [3.63, 3.8) is 0 Å². The Hall–Kier alpha value is -2.05. The Kier molecular flexibility index (Phi) is 5.50. The highest BCUT2D eigenvalue weighted by Crippen LogP contribution is 2.22. The van der Waals surface area contributed by atoms with E-state index in [2.05, 4.69) is 10.5 Å². The van der Waals surface area contributed by atoms with Crippen molar-refractivity contribution in [2.75, 3.05) is 11.5 Å². The minimum atomic E-state index is -0.311. The molecule has 0 saturated carbocycles. The van der Waals surface area contributed by atoms with Gasteiger partial charge in [-0.3, -0.25) is 9.63 Å². The van der Waals surface area contributed by atoms with Crippen molar-refractivity contribution in [1.29, 1.82) is 0 Å². The molecule has 1 aromatic carbocycles. The Morgan fingerprint density at radius 3 is 2.96 bits per heavy atom. The molecule has 0 bridgehead atoms. The molecule has 1 fully saturated rings. The quantitative estimate of drug-likeness (QED) is 0.825. The van der Waals surface area contributed by atoms with Crippen molar-refractivity contribution < 1.29 is 14.4 Å². The molecule has 0 unspecified atom stereocenters. The zero-order valence-corrected chi connectivity index (χ0v) is 13.4. The first-order valence-electron chi connectivity index (χ1n) is 7.48. The van der Waals surface area contributed by atoms with E-state index in [1.807, 2.05) is 42.1 Å². The van der Waals surface area contributed by atoms with E-state index in [0.717, 1.165) is 23.5 Å². The maximum absolute atomic E-state index is 12.1. The number of benzene rings is 1. The van der Waals surface area contributed by atoms with Crippen LogP contribution in [-0.4, -0.2) is 28.5 Å². The Balaban J connectivity index is 1.52. The summed E-state index contributed by atoms with van der Waals surface area (Å²) in [6.45, 7) is 0.320. The lowest BCUT2D eigenvalue weighted by Gasteiger charge is -2.12. The molecular weight excluding hydrogens is 312 g/mol. The average Bonchev–Trinajstić information content (AvgIpc) is 3.09. The molecule has 2 aromatic rings.